The van der Waals surface area contributed by atoms with Crippen molar-refractivity contribution in [3.63, 3.8) is 0 Å². The van der Waals surface area contributed by atoms with Gasteiger partial charge in [0.1, 0.15) is 4.60 Å². The molecule has 0 amide bonds. The zero-order valence-electron chi connectivity index (χ0n) is 8.63. The number of rotatable bonds is 5. The summed E-state index contributed by atoms with van der Waals surface area (Å²) < 4.78 is 0.776. The first-order valence-electron chi connectivity index (χ1n) is 4.46. The molecule has 0 fully saturated rings. The van der Waals surface area contributed by atoms with Crippen molar-refractivity contribution in [3.05, 3.63) is 51.0 Å². The average molecular weight is 287 g/mol. The van der Waals surface area contributed by atoms with Gasteiger partial charge in [0.25, 0.3) is 6.20 Å². The highest BCUT2D eigenvalue weighted by Gasteiger charge is 1.96. The van der Waals surface area contributed by atoms with Crippen LogP contribution in [-0.4, -0.2) is 22.0 Å². The first-order valence-corrected chi connectivity index (χ1v) is 5.26. The van der Waals surface area contributed by atoms with Gasteiger partial charge in [-0.2, -0.15) is 0 Å². The quantitative estimate of drug-likeness (QED) is 0.505. The highest BCUT2D eigenvalue weighted by molar-refractivity contribution is 9.10. The van der Waals surface area contributed by atoms with Crippen molar-refractivity contribution in [1.29, 1.82) is 0 Å². The number of hydrogen-bond donors (Lipinski definition) is 1. The highest BCUT2D eigenvalue weighted by atomic mass is 79.9. The third-order valence-corrected chi connectivity index (χ3v) is 2.20. The maximum absolute atomic E-state index is 10.1. The van der Waals surface area contributed by atoms with Gasteiger partial charge in [0.15, 0.2) is 0 Å². The Labute approximate surface area is 101 Å². The van der Waals surface area contributed by atoms with Crippen LogP contribution in [0.5, 0.6) is 0 Å². The first kappa shape index (κ1) is 12.6. The molecule has 0 aliphatic carbocycles. The predicted molar refractivity (Wildman–Crippen MR) is 62.7 cm³/mol. The molecule has 1 aromatic rings. The molecule has 6 nitrogen and oxygen atoms in total. The van der Waals surface area contributed by atoms with Crippen LogP contribution in [-0.2, 0) is 6.54 Å². The number of hydrazine groups is 1. The van der Waals surface area contributed by atoms with Crippen LogP contribution in [0.2, 0.25) is 0 Å². The lowest BCUT2D eigenvalue weighted by Gasteiger charge is -2.14. The monoisotopic (exact) mass is 286 g/mol. The van der Waals surface area contributed by atoms with Crippen molar-refractivity contribution in [2.75, 3.05) is 7.05 Å². The van der Waals surface area contributed by atoms with Gasteiger partial charge in [-0.1, -0.05) is 6.07 Å². The van der Waals surface area contributed by atoms with E-state index in [1.807, 2.05) is 12.1 Å². The van der Waals surface area contributed by atoms with Gasteiger partial charge in [0, 0.05) is 19.8 Å². The van der Waals surface area contributed by atoms with Crippen LogP contribution in [0.25, 0.3) is 0 Å². The largest absolute Gasteiger partial charge is 0.312 e. The minimum atomic E-state index is -0.515. The van der Waals surface area contributed by atoms with E-state index in [9.17, 15) is 10.1 Å². The molecule has 1 heterocycles. The molecule has 0 aliphatic rings. The second-order valence-corrected chi connectivity index (χ2v) is 3.83. The van der Waals surface area contributed by atoms with Crippen molar-refractivity contribution < 1.29 is 4.92 Å². The summed E-state index contributed by atoms with van der Waals surface area (Å²) in [4.78, 5) is 13.6. The Kier molecular flexibility index (Phi) is 4.87. The first-order chi connectivity index (χ1) is 7.58. The van der Waals surface area contributed by atoms with Crippen LogP contribution < -0.4 is 5.43 Å². The molecule has 1 rings (SSSR count). The molecule has 0 saturated carbocycles. The Morgan fingerprint density at radius 1 is 1.69 bits per heavy atom. The number of nitrogens with one attached hydrogen (secondary N) is 1. The van der Waals surface area contributed by atoms with E-state index >= 15 is 0 Å². The molecule has 0 bridgehead atoms. The Balaban J connectivity index is 2.39. The summed E-state index contributed by atoms with van der Waals surface area (Å²) in [5.74, 6) is 0. The fraction of sp³-hybridized carbons (Fsp3) is 0.222. The molecule has 0 radical (unpaired) electrons. The van der Waals surface area contributed by atoms with E-state index in [-0.39, 0.29) is 0 Å². The standard InChI is InChI=1S/C9H11BrN4O2/c1-13(4-5-14(15)16)12-7-8-2-3-9(10)11-6-8/h2-6,12H,7H2,1H3. The van der Waals surface area contributed by atoms with E-state index in [0.29, 0.717) is 6.54 Å². The van der Waals surface area contributed by atoms with Gasteiger partial charge in [-0.25, -0.2) is 10.4 Å². The summed E-state index contributed by atoms with van der Waals surface area (Å²) in [5, 5.41) is 11.6. The number of nitrogens with zero attached hydrogens (tertiary/aromatic N) is 3. The number of pyridine rings is 1. The van der Waals surface area contributed by atoms with Crippen LogP contribution >= 0.6 is 15.9 Å². The fourth-order valence-electron chi connectivity index (χ4n) is 0.934. The molecule has 1 aromatic heterocycles. The molecule has 0 aliphatic heterocycles. The normalized spacial score (nSPS) is 10.6. The maximum Gasteiger partial charge on any atom is 0.251 e. The van der Waals surface area contributed by atoms with Gasteiger partial charge < -0.3 is 5.01 Å². The number of hydrogen-bond acceptors (Lipinski definition) is 5. The molecular formula is C9H11BrN4O2. The van der Waals surface area contributed by atoms with Gasteiger partial charge in [0.05, 0.1) is 11.1 Å². The Bertz CT molecular complexity index is 380. The minimum absolute atomic E-state index is 0.515. The van der Waals surface area contributed by atoms with Crippen molar-refractivity contribution in [1.82, 2.24) is 15.4 Å². The Morgan fingerprint density at radius 3 is 3.00 bits per heavy atom. The molecule has 7 heteroatoms. The summed E-state index contributed by atoms with van der Waals surface area (Å²) in [5.41, 5.74) is 3.95. The molecule has 86 valence electrons. The molecular weight excluding hydrogens is 276 g/mol. The number of aromatic nitrogens is 1. The predicted octanol–water partition coefficient (Wildman–Crippen LogP) is 1.53. The zero-order valence-corrected chi connectivity index (χ0v) is 10.2. The van der Waals surface area contributed by atoms with Gasteiger partial charge >= 0.3 is 0 Å². The molecule has 0 atom stereocenters. The summed E-state index contributed by atoms with van der Waals surface area (Å²) in [6.07, 6.45) is 3.93. The van der Waals surface area contributed by atoms with Crippen LogP contribution in [0, 0.1) is 10.1 Å². The van der Waals surface area contributed by atoms with Crippen molar-refractivity contribution >= 4 is 15.9 Å². The smallest absolute Gasteiger partial charge is 0.251 e. The Morgan fingerprint density at radius 2 is 2.44 bits per heavy atom. The van der Waals surface area contributed by atoms with Crippen LogP contribution in [0.1, 0.15) is 5.56 Å². The molecule has 16 heavy (non-hydrogen) atoms. The highest BCUT2D eigenvalue weighted by Crippen LogP contribution is 2.05. The van der Waals surface area contributed by atoms with Crippen molar-refractivity contribution in [3.8, 4) is 0 Å². The van der Waals surface area contributed by atoms with E-state index in [2.05, 4.69) is 26.3 Å². The van der Waals surface area contributed by atoms with Gasteiger partial charge in [-0.3, -0.25) is 10.1 Å². The molecule has 0 saturated heterocycles. The SMILES string of the molecule is CN(C=C[N+](=O)[O-])NCc1ccc(Br)nc1. The number of nitro groups is 1. The molecule has 1 N–H and O–H groups in total. The summed E-state index contributed by atoms with van der Waals surface area (Å²) in [7, 11) is 1.69. The molecule has 0 unspecified atom stereocenters. The lowest BCUT2D eigenvalue weighted by molar-refractivity contribution is -0.403. The summed E-state index contributed by atoms with van der Waals surface area (Å²) in [6, 6.07) is 3.75. The van der Waals surface area contributed by atoms with Crippen LogP contribution in [0.15, 0.2) is 35.3 Å². The van der Waals surface area contributed by atoms with E-state index in [0.717, 1.165) is 16.4 Å². The van der Waals surface area contributed by atoms with E-state index < -0.39 is 4.92 Å². The lowest BCUT2D eigenvalue weighted by atomic mass is 10.3. The van der Waals surface area contributed by atoms with Gasteiger partial charge in [0.2, 0.25) is 0 Å². The van der Waals surface area contributed by atoms with Gasteiger partial charge in [-0.05, 0) is 27.6 Å². The van der Waals surface area contributed by atoms with Crippen molar-refractivity contribution in [2.45, 2.75) is 6.54 Å². The third-order valence-electron chi connectivity index (χ3n) is 1.73. The van der Waals surface area contributed by atoms with E-state index in [1.165, 1.54) is 11.2 Å². The number of halogens is 1. The van der Waals surface area contributed by atoms with Crippen molar-refractivity contribution in [2.24, 2.45) is 0 Å². The fourth-order valence-corrected chi connectivity index (χ4v) is 1.17. The summed E-state index contributed by atoms with van der Waals surface area (Å²) in [6.45, 7) is 0.554. The maximum atomic E-state index is 10.1. The van der Waals surface area contributed by atoms with Crippen LogP contribution in [0.4, 0.5) is 0 Å². The minimum Gasteiger partial charge on any atom is -0.312 e. The summed E-state index contributed by atoms with van der Waals surface area (Å²) >= 11 is 3.24. The Hall–Kier alpha value is -1.47. The average Bonchev–Trinajstić information content (AvgIpc) is 2.25. The molecule has 0 aromatic carbocycles. The second-order valence-electron chi connectivity index (χ2n) is 3.02. The van der Waals surface area contributed by atoms with E-state index in [1.54, 1.807) is 13.2 Å². The lowest BCUT2D eigenvalue weighted by Crippen LogP contribution is -2.29. The topological polar surface area (TPSA) is 71.3 Å². The van der Waals surface area contributed by atoms with E-state index in [4.69, 9.17) is 0 Å². The van der Waals surface area contributed by atoms with Gasteiger partial charge in [-0.15, -0.1) is 0 Å². The second kappa shape index (κ2) is 6.19. The molecule has 0 spiro atoms. The third kappa shape index (κ3) is 4.85. The zero-order chi connectivity index (χ0) is 12.0. The van der Waals surface area contributed by atoms with Crippen LogP contribution in [0.3, 0.4) is 0 Å².